The number of hydrogen-bond acceptors (Lipinski definition) is 2. The SMILES string of the molecule is CCCCO/C=C/C(=O)N=[N+]=[N-]. The van der Waals surface area contributed by atoms with E-state index in [0.717, 1.165) is 18.9 Å². The molecule has 0 aliphatic heterocycles. The van der Waals surface area contributed by atoms with Crippen LogP contribution in [-0.2, 0) is 9.53 Å². The van der Waals surface area contributed by atoms with Crippen LogP contribution >= 0.6 is 0 Å². The maximum atomic E-state index is 10.5. The fourth-order valence-electron chi connectivity index (χ4n) is 0.479. The quantitative estimate of drug-likeness (QED) is 0.158. The van der Waals surface area contributed by atoms with Crippen LogP contribution in [0.3, 0.4) is 0 Å². The molecule has 0 fully saturated rings. The molecule has 0 aromatic carbocycles. The molecule has 66 valence electrons. The van der Waals surface area contributed by atoms with Crippen LogP contribution in [0.5, 0.6) is 0 Å². The van der Waals surface area contributed by atoms with Crippen molar-refractivity contribution in [2.75, 3.05) is 6.61 Å². The zero-order valence-electron chi connectivity index (χ0n) is 6.93. The number of nitrogens with zero attached hydrogens (tertiary/aromatic N) is 3. The van der Waals surface area contributed by atoms with E-state index in [2.05, 4.69) is 10.0 Å². The van der Waals surface area contributed by atoms with E-state index in [9.17, 15) is 4.79 Å². The van der Waals surface area contributed by atoms with Crippen molar-refractivity contribution in [3.05, 3.63) is 22.8 Å². The van der Waals surface area contributed by atoms with Gasteiger partial charge in [0.25, 0.3) is 0 Å². The molecule has 0 aromatic rings. The molecule has 5 nitrogen and oxygen atoms in total. The van der Waals surface area contributed by atoms with E-state index >= 15 is 0 Å². The second-order valence-electron chi connectivity index (χ2n) is 2.05. The molecule has 0 aliphatic carbocycles. The smallest absolute Gasteiger partial charge is 0.245 e. The average Bonchev–Trinajstić information content (AvgIpc) is 2.05. The lowest BCUT2D eigenvalue weighted by Gasteiger charge is -1.95. The van der Waals surface area contributed by atoms with Gasteiger partial charge in [-0.1, -0.05) is 13.3 Å². The minimum Gasteiger partial charge on any atom is -0.501 e. The number of hydrogen-bond donors (Lipinski definition) is 0. The molecule has 12 heavy (non-hydrogen) atoms. The molecule has 0 atom stereocenters. The van der Waals surface area contributed by atoms with Crippen LogP contribution in [-0.4, -0.2) is 12.5 Å². The van der Waals surface area contributed by atoms with Gasteiger partial charge >= 0.3 is 0 Å². The highest BCUT2D eigenvalue weighted by Gasteiger charge is 1.87. The number of rotatable bonds is 5. The highest BCUT2D eigenvalue weighted by Crippen LogP contribution is 1.89. The van der Waals surface area contributed by atoms with Gasteiger partial charge in [-0.05, 0) is 17.1 Å². The monoisotopic (exact) mass is 169 g/mol. The fraction of sp³-hybridized carbons (Fsp3) is 0.571. The number of azide groups is 1. The molecular formula is C7H11N3O2. The van der Waals surface area contributed by atoms with Gasteiger partial charge in [0.15, 0.2) is 0 Å². The first-order valence-electron chi connectivity index (χ1n) is 3.68. The van der Waals surface area contributed by atoms with E-state index in [1.54, 1.807) is 0 Å². The highest BCUT2D eigenvalue weighted by atomic mass is 16.5. The molecule has 0 N–H and O–H groups in total. The summed E-state index contributed by atoms with van der Waals surface area (Å²) >= 11 is 0. The van der Waals surface area contributed by atoms with Crippen LogP contribution < -0.4 is 0 Å². The summed E-state index contributed by atoms with van der Waals surface area (Å²) < 4.78 is 4.91. The number of amides is 1. The third kappa shape index (κ3) is 6.64. The van der Waals surface area contributed by atoms with Crippen LogP contribution in [0.4, 0.5) is 0 Å². The van der Waals surface area contributed by atoms with Gasteiger partial charge in [0.05, 0.1) is 12.9 Å². The van der Waals surface area contributed by atoms with E-state index in [0.29, 0.717) is 6.61 Å². The van der Waals surface area contributed by atoms with E-state index in [1.165, 1.54) is 6.26 Å². The third-order valence-corrected chi connectivity index (χ3v) is 1.07. The minimum absolute atomic E-state index is 0.580. The van der Waals surface area contributed by atoms with Crippen molar-refractivity contribution in [3.8, 4) is 0 Å². The summed E-state index contributed by atoms with van der Waals surface area (Å²) in [7, 11) is 0. The van der Waals surface area contributed by atoms with Crippen LogP contribution in [0.1, 0.15) is 19.8 Å². The Morgan fingerprint density at radius 1 is 1.75 bits per heavy atom. The van der Waals surface area contributed by atoms with Gasteiger partial charge in [-0.3, -0.25) is 4.79 Å². The van der Waals surface area contributed by atoms with Gasteiger partial charge in [0.1, 0.15) is 0 Å². The molecule has 1 amide bonds. The van der Waals surface area contributed by atoms with Crippen molar-refractivity contribution in [2.24, 2.45) is 5.11 Å². The molecule has 0 rings (SSSR count). The molecule has 0 saturated heterocycles. The molecule has 0 spiro atoms. The number of ether oxygens (including phenoxy) is 1. The number of carbonyl (C=O) groups excluding carboxylic acids is 1. The van der Waals surface area contributed by atoms with Crippen LogP contribution in [0, 0.1) is 0 Å². The third-order valence-electron chi connectivity index (χ3n) is 1.07. The Labute approximate surface area is 70.6 Å². The second kappa shape index (κ2) is 7.63. The predicted molar refractivity (Wildman–Crippen MR) is 44.2 cm³/mol. The Kier molecular flexibility index (Phi) is 6.68. The fourth-order valence-corrected chi connectivity index (χ4v) is 0.479. The Morgan fingerprint density at radius 2 is 2.50 bits per heavy atom. The van der Waals surface area contributed by atoms with Crippen LogP contribution in [0.2, 0.25) is 0 Å². The van der Waals surface area contributed by atoms with E-state index in [4.69, 9.17) is 10.3 Å². The zero-order valence-corrected chi connectivity index (χ0v) is 6.93. The summed E-state index contributed by atoms with van der Waals surface area (Å²) in [5.74, 6) is -0.644. The van der Waals surface area contributed by atoms with E-state index in [-0.39, 0.29) is 0 Å². The molecule has 0 bridgehead atoms. The highest BCUT2D eigenvalue weighted by molar-refractivity contribution is 5.87. The first-order valence-corrected chi connectivity index (χ1v) is 3.68. The normalized spacial score (nSPS) is 9.42. The molecular weight excluding hydrogens is 158 g/mol. The van der Waals surface area contributed by atoms with Crippen molar-refractivity contribution in [1.82, 2.24) is 0 Å². The lowest BCUT2D eigenvalue weighted by atomic mass is 10.4. The summed E-state index contributed by atoms with van der Waals surface area (Å²) in [5.41, 5.74) is 7.84. The maximum absolute atomic E-state index is 10.5. The number of unbranched alkanes of at least 4 members (excludes halogenated alkanes) is 1. The number of carbonyl (C=O) groups is 1. The van der Waals surface area contributed by atoms with Crippen molar-refractivity contribution in [1.29, 1.82) is 0 Å². The molecule has 0 aliphatic rings. The summed E-state index contributed by atoms with van der Waals surface area (Å²) in [6.45, 7) is 2.62. The zero-order chi connectivity index (χ0) is 9.23. The van der Waals surface area contributed by atoms with Crippen molar-refractivity contribution < 1.29 is 9.53 Å². The maximum Gasteiger partial charge on any atom is 0.245 e. The summed E-state index contributed by atoms with van der Waals surface area (Å²) in [6, 6.07) is 0. The topological polar surface area (TPSA) is 75.1 Å². The molecule has 0 saturated carbocycles. The minimum atomic E-state index is -0.644. The van der Waals surface area contributed by atoms with Gasteiger partial charge in [0, 0.05) is 11.0 Å². The molecule has 0 radical (unpaired) electrons. The van der Waals surface area contributed by atoms with Crippen molar-refractivity contribution in [3.63, 3.8) is 0 Å². The standard InChI is InChI=1S/C7H11N3O2/c1-2-3-5-12-6-4-7(11)9-10-8/h4,6H,2-3,5H2,1H3/b6-4+. The summed E-state index contributed by atoms with van der Waals surface area (Å²) in [5, 5.41) is 2.82. The Balaban J connectivity index is 3.48. The van der Waals surface area contributed by atoms with Crippen LogP contribution in [0.25, 0.3) is 10.4 Å². The van der Waals surface area contributed by atoms with Gasteiger partial charge < -0.3 is 4.74 Å². The lowest BCUT2D eigenvalue weighted by Crippen LogP contribution is -1.88. The van der Waals surface area contributed by atoms with Crippen molar-refractivity contribution >= 4 is 5.91 Å². The summed E-state index contributed by atoms with van der Waals surface area (Å²) in [4.78, 5) is 12.8. The van der Waals surface area contributed by atoms with Gasteiger partial charge in [-0.2, -0.15) is 0 Å². The Bertz CT molecular complexity index is 207. The molecule has 5 heteroatoms. The Morgan fingerprint density at radius 3 is 3.08 bits per heavy atom. The first kappa shape index (κ1) is 10.5. The first-order chi connectivity index (χ1) is 5.81. The predicted octanol–water partition coefficient (Wildman–Crippen LogP) is 2.15. The van der Waals surface area contributed by atoms with Gasteiger partial charge in [0.2, 0.25) is 5.91 Å². The van der Waals surface area contributed by atoms with E-state index < -0.39 is 5.91 Å². The molecule has 0 aromatic heterocycles. The average molecular weight is 169 g/mol. The molecule has 0 heterocycles. The Hall–Kier alpha value is -1.48. The van der Waals surface area contributed by atoms with E-state index in [1.807, 2.05) is 6.92 Å². The second-order valence-corrected chi connectivity index (χ2v) is 2.05. The van der Waals surface area contributed by atoms with Gasteiger partial charge in [-0.15, -0.1) is 0 Å². The molecule has 0 unspecified atom stereocenters. The lowest BCUT2D eigenvalue weighted by molar-refractivity contribution is -0.113. The van der Waals surface area contributed by atoms with Gasteiger partial charge in [-0.25, -0.2) is 0 Å². The summed E-state index contributed by atoms with van der Waals surface area (Å²) in [6.07, 6.45) is 4.32. The van der Waals surface area contributed by atoms with Crippen LogP contribution in [0.15, 0.2) is 17.5 Å². The largest absolute Gasteiger partial charge is 0.501 e. The van der Waals surface area contributed by atoms with Crippen molar-refractivity contribution in [2.45, 2.75) is 19.8 Å².